The molecule has 0 amide bonds. The van der Waals surface area contributed by atoms with Crippen LogP contribution in [0.5, 0.6) is 0 Å². The van der Waals surface area contributed by atoms with E-state index in [-0.39, 0.29) is 0 Å². The maximum Gasteiger partial charge on any atom is 0.214 e. The van der Waals surface area contributed by atoms with Crippen LogP contribution in [0.4, 0.5) is 0 Å². The zero-order valence-electron chi connectivity index (χ0n) is 10.6. The molecule has 100 valence electrons. The fourth-order valence-electron chi connectivity index (χ4n) is 2.49. The maximum atomic E-state index is 11.8. The van der Waals surface area contributed by atoms with Crippen molar-refractivity contribution < 1.29 is 8.42 Å². The van der Waals surface area contributed by atoms with Crippen LogP contribution in [0, 0.1) is 0 Å². The Bertz CT molecular complexity index is 331. The fraction of sp³-hybridized carbons (Fsp3) is 1.00. The lowest BCUT2D eigenvalue weighted by Crippen LogP contribution is -2.61. The first-order valence-electron chi connectivity index (χ1n) is 6.56. The van der Waals surface area contributed by atoms with Crippen molar-refractivity contribution >= 4 is 10.0 Å². The van der Waals surface area contributed by atoms with Crippen LogP contribution in [0.15, 0.2) is 0 Å². The van der Waals surface area contributed by atoms with Gasteiger partial charge in [-0.2, -0.15) is 4.31 Å². The second kappa shape index (κ2) is 5.65. The zero-order valence-corrected chi connectivity index (χ0v) is 11.4. The number of hydrogen-bond donors (Lipinski definition) is 1. The summed E-state index contributed by atoms with van der Waals surface area (Å²) in [6.07, 6.45) is 1.87. The first-order valence-corrected chi connectivity index (χ1v) is 8.17. The molecule has 0 aromatic carbocycles. The van der Waals surface area contributed by atoms with Crippen LogP contribution in [0.3, 0.4) is 0 Å². The molecule has 5 nitrogen and oxygen atoms in total. The van der Waals surface area contributed by atoms with E-state index in [1.54, 1.807) is 4.31 Å². The maximum absolute atomic E-state index is 11.8. The quantitative estimate of drug-likeness (QED) is 0.755. The molecular formula is C11H23N3O2S. The third-order valence-corrected chi connectivity index (χ3v) is 5.58. The van der Waals surface area contributed by atoms with Gasteiger partial charge in [0.1, 0.15) is 0 Å². The number of sulfonamides is 1. The van der Waals surface area contributed by atoms with Gasteiger partial charge in [0.05, 0.1) is 5.75 Å². The minimum atomic E-state index is -2.96. The van der Waals surface area contributed by atoms with Crippen LogP contribution in [0.25, 0.3) is 0 Å². The molecule has 0 unspecified atom stereocenters. The Morgan fingerprint density at radius 2 is 2.00 bits per heavy atom. The average Bonchev–Trinajstić information content (AvgIpc) is 2.43. The van der Waals surface area contributed by atoms with Gasteiger partial charge in [-0.15, -0.1) is 0 Å². The van der Waals surface area contributed by atoms with E-state index >= 15 is 0 Å². The molecule has 2 aliphatic heterocycles. The minimum Gasteiger partial charge on any atom is -0.315 e. The van der Waals surface area contributed by atoms with Gasteiger partial charge >= 0.3 is 0 Å². The van der Waals surface area contributed by atoms with Crippen molar-refractivity contribution in [2.75, 3.05) is 45.0 Å². The van der Waals surface area contributed by atoms with Crippen molar-refractivity contribution in [2.24, 2.45) is 0 Å². The van der Waals surface area contributed by atoms with Crippen molar-refractivity contribution in [3.63, 3.8) is 0 Å². The Balaban J connectivity index is 1.81. The molecule has 0 radical (unpaired) electrons. The highest BCUT2D eigenvalue weighted by atomic mass is 32.2. The van der Waals surface area contributed by atoms with Crippen molar-refractivity contribution in [2.45, 2.75) is 25.8 Å². The van der Waals surface area contributed by atoms with E-state index in [9.17, 15) is 8.42 Å². The highest BCUT2D eigenvalue weighted by Crippen LogP contribution is 2.20. The standard InChI is InChI=1S/C11H23N3O2S/c1-2-8-17(15,16)14-9-11(10-14)13-6-3-4-12-5-7-13/h11-12H,2-10H2,1H3. The summed E-state index contributed by atoms with van der Waals surface area (Å²) in [7, 11) is -2.96. The van der Waals surface area contributed by atoms with E-state index in [1.807, 2.05) is 6.92 Å². The molecule has 0 atom stereocenters. The Labute approximate surface area is 104 Å². The summed E-state index contributed by atoms with van der Waals surface area (Å²) in [5.41, 5.74) is 0. The molecule has 0 bridgehead atoms. The molecule has 1 N–H and O–H groups in total. The van der Waals surface area contributed by atoms with Crippen molar-refractivity contribution in [3.05, 3.63) is 0 Å². The molecule has 2 rings (SSSR count). The molecule has 0 saturated carbocycles. The molecule has 17 heavy (non-hydrogen) atoms. The topological polar surface area (TPSA) is 52.7 Å². The Kier molecular flexibility index (Phi) is 4.41. The van der Waals surface area contributed by atoms with Gasteiger partial charge in [0.25, 0.3) is 0 Å². The molecule has 2 saturated heterocycles. The Morgan fingerprint density at radius 1 is 1.24 bits per heavy atom. The average molecular weight is 261 g/mol. The monoisotopic (exact) mass is 261 g/mol. The minimum absolute atomic E-state index is 0.293. The highest BCUT2D eigenvalue weighted by Gasteiger charge is 2.38. The van der Waals surface area contributed by atoms with Crippen LogP contribution >= 0.6 is 0 Å². The van der Waals surface area contributed by atoms with Gasteiger partial charge in [0, 0.05) is 32.2 Å². The predicted molar refractivity (Wildman–Crippen MR) is 68.5 cm³/mol. The molecule has 6 heteroatoms. The summed E-state index contributed by atoms with van der Waals surface area (Å²) in [5.74, 6) is 0.293. The lowest BCUT2D eigenvalue weighted by atomic mass is 10.1. The first kappa shape index (κ1) is 13.3. The van der Waals surface area contributed by atoms with Gasteiger partial charge in [-0.25, -0.2) is 8.42 Å². The molecule has 2 heterocycles. The van der Waals surface area contributed by atoms with E-state index in [0.29, 0.717) is 31.3 Å². The summed E-state index contributed by atoms with van der Waals surface area (Å²) in [5, 5.41) is 3.37. The molecule has 2 aliphatic rings. The van der Waals surface area contributed by atoms with Gasteiger partial charge < -0.3 is 5.32 Å². The number of nitrogens with zero attached hydrogens (tertiary/aromatic N) is 2. The van der Waals surface area contributed by atoms with E-state index in [1.165, 1.54) is 0 Å². The SMILES string of the molecule is CCCS(=O)(=O)N1CC(N2CCCNCC2)C1. The molecule has 0 aromatic heterocycles. The highest BCUT2D eigenvalue weighted by molar-refractivity contribution is 7.89. The molecule has 0 spiro atoms. The summed E-state index contributed by atoms with van der Waals surface area (Å²) in [4.78, 5) is 2.43. The largest absolute Gasteiger partial charge is 0.315 e. The lowest BCUT2D eigenvalue weighted by molar-refractivity contribution is 0.0938. The molecule has 2 fully saturated rings. The third kappa shape index (κ3) is 3.19. The van der Waals surface area contributed by atoms with Gasteiger partial charge in [-0.3, -0.25) is 4.90 Å². The Morgan fingerprint density at radius 3 is 2.71 bits per heavy atom. The van der Waals surface area contributed by atoms with Gasteiger partial charge in [-0.05, 0) is 25.9 Å². The van der Waals surface area contributed by atoms with Gasteiger partial charge in [0.15, 0.2) is 0 Å². The van der Waals surface area contributed by atoms with Crippen LogP contribution in [0.2, 0.25) is 0 Å². The van der Waals surface area contributed by atoms with Crippen LogP contribution in [0.1, 0.15) is 19.8 Å². The van der Waals surface area contributed by atoms with Crippen molar-refractivity contribution in [1.82, 2.24) is 14.5 Å². The first-order chi connectivity index (χ1) is 8.13. The van der Waals surface area contributed by atoms with E-state index < -0.39 is 10.0 Å². The van der Waals surface area contributed by atoms with Crippen LogP contribution in [-0.4, -0.2) is 68.7 Å². The molecular weight excluding hydrogens is 238 g/mol. The fourth-order valence-corrected chi connectivity index (χ4v) is 4.07. The second-order valence-corrected chi connectivity index (χ2v) is 7.01. The summed E-state index contributed by atoms with van der Waals surface area (Å²) < 4.78 is 25.2. The Hall–Kier alpha value is -0.170. The number of nitrogens with one attached hydrogen (secondary N) is 1. The van der Waals surface area contributed by atoms with Crippen molar-refractivity contribution in [1.29, 1.82) is 0 Å². The number of rotatable bonds is 4. The lowest BCUT2D eigenvalue weighted by Gasteiger charge is -2.44. The normalized spacial score (nSPS) is 25.5. The summed E-state index contributed by atoms with van der Waals surface area (Å²) in [6.45, 7) is 7.56. The summed E-state index contributed by atoms with van der Waals surface area (Å²) >= 11 is 0. The van der Waals surface area contributed by atoms with E-state index in [0.717, 1.165) is 32.6 Å². The van der Waals surface area contributed by atoms with Gasteiger partial charge in [0.2, 0.25) is 10.0 Å². The van der Waals surface area contributed by atoms with Gasteiger partial charge in [-0.1, -0.05) is 6.92 Å². The predicted octanol–water partition coefficient (Wildman–Crippen LogP) is -0.294. The van der Waals surface area contributed by atoms with E-state index in [4.69, 9.17) is 0 Å². The second-order valence-electron chi connectivity index (χ2n) is 4.93. The molecule has 0 aliphatic carbocycles. The smallest absolute Gasteiger partial charge is 0.214 e. The van der Waals surface area contributed by atoms with E-state index in [2.05, 4.69) is 10.2 Å². The third-order valence-electron chi connectivity index (χ3n) is 3.58. The summed E-state index contributed by atoms with van der Waals surface area (Å²) in [6, 6.07) is 0.446. The number of hydrogen-bond acceptors (Lipinski definition) is 4. The van der Waals surface area contributed by atoms with Crippen molar-refractivity contribution in [3.8, 4) is 0 Å². The molecule has 0 aromatic rings. The zero-order chi connectivity index (χ0) is 12.3. The van der Waals surface area contributed by atoms with Crippen LogP contribution in [-0.2, 0) is 10.0 Å². The van der Waals surface area contributed by atoms with Crippen LogP contribution < -0.4 is 5.32 Å².